The zero-order valence-electron chi connectivity index (χ0n) is 9.68. The lowest BCUT2D eigenvalue weighted by Crippen LogP contribution is -2.44. The van der Waals surface area contributed by atoms with Gasteiger partial charge in [-0.2, -0.15) is 0 Å². The third kappa shape index (κ3) is 3.97. The minimum absolute atomic E-state index is 0.403. The van der Waals surface area contributed by atoms with Crippen molar-refractivity contribution in [3.8, 4) is 0 Å². The lowest BCUT2D eigenvalue weighted by Gasteiger charge is -2.33. The van der Waals surface area contributed by atoms with Gasteiger partial charge in [-0.1, -0.05) is 32.6 Å². The molecule has 0 bridgehead atoms. The summed E-state index contributed by atoms with van der Waals surface area (Å²) in [5.74, 6) is 0. The van der Waals surface area contributed by atoms with E-state index in [1.165, 1.54) is 32.1 Å². The third-order valence-electron chi connectivity index (χ3n) is 3.29. The molecule has 0 radical (unpaired) electrons. The average Bonchev–Trinajstić information content (AvgIpc) is 2.17. The first-order valence-corrected chi connectivity index (χ1v) is 6.12. The van der Waals surface area contributed by atoms with Crippen LogP contribution in [-0.2, 0) is 0 Å². The Morgan fingerprint density at radius 1 is 1.29 bits per heavy atom. The highest BCUT2D eigenvalue weighted by Crippen LogP contribution is 2.27. The number of rotatable bonds is 5. The molecule has 1 aliphatic rings. The minimum atomic E-state index is -0.403. The summed E-state index contributed by atoms with van der Waals surface area (Å²) < 4.78 is 0. The maximum absolute atomic E-state index is 10.2. The van der Waals surface area contributed by atoms with Crippen molar-refractivity contribution in [3.63, 3.8) is 0 Å². The summed E-state index contributed by atoms with van der Waals surface area (Å²) in [5.41, 5.74) is -0.403. The van der Waals surface area contributed by atoms with Crippen LogP contribution in [0.4, 0.5) is 0 Å². The molecule has 0 heterocycles. The molecule has 2 heteroatoms. The first kappa shape index (κ1) is 12.0. The van der Waals surface area contributed by atoms with Crippen LogP contribution in [0.15, 0.2) is 0 Å². The van der Waals surface area contributed by atoms with Crippen LogP contribution >= 0.6 is 0 Å². The fourth-order valence-electron chi connectivity index (χ4n) is 2.29. The molecule has 1 saturated carbocycles. The van der Waals surface area contributed by atoms with Gasteiger partial charge in [0.25, 0.3) is 0 Å². The standard InChI is InChI=1S/C12H25NO/c1-3-7-11(2)13-10-12(14)8-5-4-6-9-12/h11,13-14H,3-10H2,1-2H3/t11-/m1/s1. The summed E-state index contributed by atoms with van der Waals surface area (Å²) in [6.07, 6.45) is 8.08. The van der Waals surface area contributed by atoms with Gasteiger partial charge in [0.05, 0.1) is 5.60 Å². The molecule has 0 spiro atoms. The highest BCUT2D eigenvalue weighted by atomic mass is 16.3. The van der Waals surface area contributed by atoms with E-state index in [2.05, 4.69) is 19.2 Å². The van der Waals surface area contributed by atoms with Gasteiger partial charge in [-0.05, 0) is 26.2 Å². The molecule has 1 rings (SSSR count). The van der Waals surface area contributed by atoms with Crippen LogP contribution in [0.5, 0.6) is 0 Å². The Morgan fingerprint density at radius 3 is 2.50 bits per heavy atom. The van der Waals surface area contributed by atoms with Crippen LogP contribution in [-0.4, -0.2) is 23.3 Å². The zero-order chi connectivity index (χ0) is 10.4. The highest BCUT2D eigenvalue weighted by molar-refractivity contribution is 4.85. The number of hydrogen-bond acceptors (Lipinski definition) is 2. The van der Waals surface area contributed by atoms with E-state index in [4.69, 9.17) is 0 Å². The van der Waals surface area contributed by atoms with E-state index < -0.39 is 5.60 Å². The normalized spacial score (nSPS) is 23.4. The summed E-state index contributed by atoms with van der Waals surface area (Å²) in [4.78, 5) is 0. The fourth-order valence-corrected chi connectivity index (χ4v) is 2.29. The van der Waals surface area contributed by atoms with E-state index in [1.807, 2.05) is 0 Å². The van der Waals surface area contributed by atoms with Crippen molar-refractivity contribution >= 4 is 0 Å². The molecule has 14 heavy (non-hydrogen) atoms. The predicted octanol–water partition coefficient (Wildman–Crippen LogP) is 2.46. The van der Waals surface area contributed by atoms with Gasteiger partial charge in [-0.3, -0.25) is 0 Å². The fraction of sp³-hybridized carbons (Fsp3) is 1.00. The van der Waals surface area contributed by atoms with Gasteiger partial charge < -0.3 is 10.4 Å². The maximum Gasteiger partial charge on any atom is 0.0771 e. The van der Waals surface area contributed by atoms with Gasteiger partial charge in [-0.25, -0.2) is 0 Å². The lowest BCUT2D eigenvalue weighted by atomic mass is 9.84. The van der Waals surface area contributed by atoms with Crippen LogP contribution < -0.4 is 5.32 Å². The Labute approximate surface area is 88.1 Å². The van der Waals surface area contributed by atoms with Gasteiger partial charge in [0.2, 0.25) is 0 Å². The van der Waals surface area contributed by atoms with Crippen molar-refractivity contribution in [2.45, 2.75) is 70.4 Å². The Morgan fingerprint density at radius 2 is 1.93 bits per heavy atom. The van der Waals surface area contributed by atoms with E-state index in [0.29, 0.717) is 6.04 Å². The van der Waals surface area contributed by atoms with Gasteiger partial charge in [0, 0.05) is 12.6 Å². The van der Waals surface area contributed by atoms with Gasteiger partial charge in [0.1, 0.15) is 0 Å². The minimum Gasteiger partial charge on any atom is -0.389 e. The predicted molar refractivity (Wildman–Crippen MR) is 60.4 cm³/mol. The Kier molecular flexibility index (Phi) is 4.90. The Balaban J connectivity index is 2.21. The largest absolute Gasteiger partial charge is 0.389 e. The second kappa shape index (κ2) is 5.72. The topological polar surface area (TPSA) is 32.3 Å². The quantitative estimate of drug-likeness (QED) is 0.713. The molecule has 0 amide bonds. The van der Waals surface area contributed by atoms with Crippen LogP contribution in [0.25, 0.3) is 0 Å². The molecular weight excluding hydrogens is 174 g/mol. The number of aliphatic hydroxyl groups is 1. The molecule has 0 unspecified atom stereocenters. The second-order valence-electron chi connectivity index (χ2n) is 4.86. The van der Waals surface area contributed by atoms with Crippen LogP contribution in [0, 0.1) is 0 Å². The molecule has 1 atom stereocenters. The van der Waals surface area contributed by atoms with Gasteiger partial charge in [-0.15, -0.1) is 0 Å². The van der Waals surface area contributed by atoms with Crippen LogP contribution in [0.2, 0.25) is 0 Å². The molecule has 0 aromatic carbocycles. The molecule has 1 fully saturated rings. The number of hydrogen-bond donors (Lipinski definition) is 2. The highest BCUT2D eigenvalue weighted by Gasteiger charge is 2.28. The molecular formula is C12H25NO. The monoisotopic (exact) mass is 199 g/mol. The Bertz CT molecular complexity index is 152. The summed E-state index contributed by atoms with van der Waals surface area (Å²) in [6.45, 7) is 5.19. The summed E-state index contributed by atoms with van der Waals surface area (Å²) in [6, 6.07) is 0.547. The smallest absolute Gasteiger partial charge is 0.0771 e. The van der Waals surface area contributed by atoms with Crippen molar-refractivity contribution in [2.24, 2.45) is 0 Å². The third-order valence-corrected chi connectivity index (χ3v) is 3.29. The summed E-state index contributed by atoms with van der Waals surface area (Å²) in [7, 11) is 0. The lowest BCUT2D eigenvalue weighted by molar-refractivity contribution is 0.00285. The van der Waals surface area contributed by atoms with Crippen molar-refractivity contribution < 1.29 is 5.11 Å². The van der Waals surface area contributed by atoms with E-state index in [0.717, 1.165) is 19.4 Å². The molecule has 0 aromatic heterocycles. The van der Waals surface area contributed by atoms with Crippen molar-refractivity contribution in [2.75, 3.05) is 6.54 Å². The van der Waals surface area contributed by atoms with Crippen LogP contribution in [0.1, 0.15) is 58.8 Å². The molecule has 2 N–H and O–H groups in total. The average molecular weight is 199 g/mol. The van der Waals surface area contributed by atoms with Crippen LogP contribution in [0.3, 0.4) is 0 Å². The second-order valence-corrected chi connectivity index (χ2v) is 4.86. The molecule has 84 valence electrons. The van der Waals surface area contributed by atoms with E-state index in [9.17, 15) is 5.11 Å². The number of nitrogens with one attached hydrogen (secondary N) is 1. The molecule has 1 aliphatic carbocycles. The summed E-state index contributed by atoms with van der Waals surface area (Å²) in [5, 5.41) is 13.7. The van der Waals surface area contributed by atoms with Crippen molar-refractivity contribution in [1.29, 1.82) is 0 Å². The van der Waals surface area contributed by atoms with Crippen molar-refractivity contribution in [1.82, 2.24) is 5.32 Å². The van der Waals surface area contributed by atoms with Gasteiger partial charge >= 0.3 is 0 Å². The Hall–Kier alpha value is -0.0800. The van der Waals surface area contributed by atoms with Crippen molar-refractivity contribution in [3.05, 3.63) is 0 Å². The van der Waals surface area contributed by atoms with E-state index >= 15 is 0 Å². The molecule has 0 aromatic rings. The SMILES string of the molecule is CCC[C@@H](C)NCC1(O)CCCCC1. The molecule has 0 aliphatic heterocycles. The first-order chi connectivity index (χ1) is 6.66. The zero-order valence-corrected chi connectivity index (χ0v) is 9.68. The van der Waals surface area contributed by atoms with Gasteiger partial charge in [0.15, 0.2) is 0 Å². The van der Waals surface area contributed by atoms with E-state index in [-0.39, 0.29) is 0 Å². The maximum atomic E-state index is 10.2. The molecule has 0 saturated heterocycles. The van der Waals surface area contributed by atoms with E-state index in [1.54, 1.807) is 0 Å². The first-order valence-electron chi connectivity index (χ1n) is 6.12. The molecule has 2 nitrogen and oxygen atoms in total. The summed E-state index contributed by atoms with van der Waals surface area (Å²) >= 11 is 0.